The molecule has 1 aromatic heterocycles. The Balaban J connectivity index is 1.82. The van der Waals surface area contributed by atoms with Gasteiger partial charge in [-0.25, -0.2) is 4.39 Å². The highest BCUT2D eigenvalue weighted by molar-refractivity contribution is 5.99. The van der Waals surface area contributed by atoms with Crippen molar-refractivity contribution in [2.45, 2.75) is 18.9 Å². The first-order valence-electron chi connectivity index (χ1n) is 7.05. The summed E-state index contributed by atoms with van der Waals surface area (Å²) in [5.74, 6) is -0.591. The lowest BCUT2D eigenvalue weighted by Crippen LogP contribution is -2.42. The number of piperidine rings is 1. The summed E-state index contributed by atoms with van der Waals surface area (Å²) in [6, 6.07) is 6.49. The molecule has 6 heteroatoms. The number of aromatic amines is 1. The number of rotatable bonds is 3. The van der Waals surface area contributed by atoms with Gasteiger partial charge in [0.25, 0.3) is 5.91 Å². The van der Waals surface area contributed by atoms with Crippen molar-refractivity contribution in [2.75, 3.05) is 13.1 Å². The van der Waals surface area contributed by atoms with E-state index in [4.69, 9.17) is 0 Å². The monoisotopic (exact) mass is 288 g/mol. The second kappa shape index (κ2) is 6.05. The van der Waals surface area contributed by atoms with E-state index in [1.807, 2.05) is 0 Å². The van der Waals surface area contributed by atoms with Crippen LogP contribution in [0, 0.1) is 5.82 Å². The predicted octanol–water partition coefficient (Wildman–Crippen LogP) is 1.70. The van der Waals surface area contributed by atoms with Crippen molar-refractivity contribution in [2.24, 2.45) is 0 Å². The predicted molar refractivity (Wildman–Crippen MR) is 77.3 cm³/mol. The highest BCUT2D eigenvalue weighted by Crippen LogP contribution is 2.24. The van der Waals surface area contributed by atoms with Gasteiger partial charge >= 0.3 is 0 Å². The summed E-state index contributed by atoms with van der Waals surface area (Å²) in [6.07, 6.45) is 3.25. The Kier molecular flexibility index (Phi) is 3.96. The molecule has 0 bridgehead atoms. The van der Waals surface area contributed by atoms with Gasteiger partial charge in [0.05, 0.1) is 17.5 Å². The summed E-state index contributed by atoms with van der Waals surface area (Å²) in [6.45, 7) is 1.80. The fourth-order valence-electron chi connectivity index (χ4n) is 2.56. The van der Waals surface area contributed by atoms with Crippen molar-refractivity contribution in [1.82, 2.24) is 20.8 Å². The summed E-state index contributed by atoms with van der Waals surface area (Å²) >= 11 is 0. The number of hydrogen-bond donors (Lipinski definition) is 3. The molecule has 1 amide bonds. The number of carbonyl (C=O) groups is 1. The Labute approximate surface area is 121 Å². The zero-order chi connectivity index (χ0) is 14.7. The van der Waals surface area contributed by atoms with Gasteiger partial charge in [0, 0.05) is 11.6 Å². The highest BCUT2D eigenvalue weighted by atomic mass is 19.1. The number of nitrogens with zero attached hydrogens (tertiary/aromatic N) is 1. The summed E-state index contributed by atoms with van der Waals surface area (Å²) in [4.78, 5) is 12.4. The third-order valence-corrected chi connectivity index (χ3v) is 3.70. The van der Waals surface area contributed by atoms with E-state index >= 15 is 0 Å². The SMILES string of the molecule is O=C(NC1CCNCC1)c1cn[nH]c1-c1ccccc1F. The van der Waals surface area contributed by atoms with E-state index in [2.05, 4.69) is 20.8 Å². The maximum atomic E-state index is 13.9. The molecule has 5 nitrogen and oxygen atoms in total. The van der Waals surface area contributed by atoms with Crippen molar-refractivity contribution < 1.29 is 9.18 Å². The van der Waals surface area contributed by atoms with Gasteiger partial charge < -0.3 is 10.6 Å². The minimum Gasteiger partial charge on any atom is -0.349 e. The van der Waals surface area contributed by atoms with Crippen LogP contribution >= 0.6 is 0 Å². The summed E-state index contributed by atoms with van der Waals surface area (Å²) in [5.41, 5.74) is 1.14. The highest BCUT2D eigenvalue weighted by Gasteiger charge is 2.21. The van der Waals surface area contributed by atoms with Crippen LogP contribution in [0.1, 0.15) is 23.2 Å². The maximum absolute atomic E-state index is 13.9. The second-order valence-corrected chi connectivity index (χ2v) is 5.14. The molecule has 110 valence electrons. The normalized spacial score (nSPS) is 15.9. The van der Waals surface area contributed by atoms with E-state index in [0.29, 0.717) is 16.8 Å². The molecule has 1 saturated heterocycles. The first-order chi connectivity index (χ1) is 10.3. The van der Waals surface area contributed by atoms with Crippen LogP contribution in [0.5, 0.6) is 0 Å². The molecule has 0 spiro atoms. The first kappa shape index (κ1) is 13.8. The van der Waals surface area contributed by atoms with Gasteiger partial charge in [-0.05, 0) is 38.1 Å². The minimum absolute atomic E-state index is 0.155. The number of aromatic nitrogens is 2. The number of nitrogens with one attached hydrogen (secondary N) is 3. The van der Waals surface area contributed by atoms with Crippen LogP contribution in [-0.2, 0) is 0 Å². The van der Waals surface area contributed by atoms with Gasteiger partial charge in [-0.15, -0.1) is 0 Å². The van der Waals surface area contributed by atoms with Crippen LogP contribution in [0.25, 0.3) is 11.3 Å². The molecule has 0 atom stereocenters. The van der Waals surface area contributed by atoms with E-state index in [9.17, 15) is 9.18 Å². The van der Waals surface area contributed by atoms with E-state index in [1.54, 1.807) is 18.2 Å². The van der Waals surface area contributed by atoms with Gasteiger partial charge in [-0.2, -0.15) is 5.10 Å². The second-order valence-electron chi connectivity index (χ2n) is 5.14. The molecule has 21 heavy (non-hydrogen) atoms. The third kappa shape index (κ3) is 2.95. The number of H-pyrrole nitrogens is 1. The molecule has 1 aromatic carbocycles. The molecule has 1 aliphatic rings. The van der Waals surface area contributed by atoms with Crippen molar-refractivity contribution in [3.63, 3.8) is 0 Å². The van der Waals surface area contributed by atoms with Crippen molar-refractivity contribution in [3.05, 3.63) is 41.8 Å². The molecule has 2 heterocycles. The van der Waals surface area contributed by atoms with Crippen LogP contribution in [0.4, 0.5) is 4.39 Å². The van der Waals surface area contributed by atoms with E-state index in [0.717, 1.165) is 25.9 Å². The molecule has 3 N–H and O–H groups in total. The number of benzene rings is 1. The molecular weight excluding hydrogens is 271 g/mol. The lowest BCUT2D eigenvalue weighted by molar-refractivity contribution is 0.0930. The number of halogens is 1. The Morgan fingerprint density at radius 1 is 1.29 bits per heavy atom. The van der Waals surface area contributed by atoms with Crippen molar-refractivity contribution in [1.29, 1.82) is 0 Å². The largest absolute Gasteiger partial charge is 0.349 e. The molecule has 0 radical (unpaired) electrons. The lowest BCUT2D eigenvalue weighted by atomic mass is 10.0. The first-order valence-corrected chi connectivity index (χ1v) is 7.05. The molecule has 3 rings (SSSR count). The molecule has 1 fully saturated rings. The van der Waals surface area contributed by atoms with E-state index in [-0.39, 0.29) is 17.8 Å². The third-order valence-electron chi connectivity index (χ3n) is 3.70. The fraction of sp³-hybridized carbons (Fsp3) is 0.333. The Morgan fingerprint density at radius 2 is 2.05 bits per heavy atom. The fourth-order valence-corrected chi connectivity index (χ4v) is 2.56. The van der Waals surface area contributed by atoms with Crippen LogP contribution < -0.4 is 10.6 Å². The number of hydrogen-bond acceptors (Lipinski definition) is 3. The van der Waals surface area contributed by atoms with Crippen LogP contribution in [-0.4, -0.2) is 35.2 Å². The van der Waals surface area contributed by atoms with E-state index in [1.165, 1.54) is 12.3 Å². The Hall–Kier alpha value is -2.21. The average molecular weight is 288 g/mol. The zero-order valence-electron chi connectivity index (χ0n) is 11.5. The Bertz CT molecular complexity index is 634. The zero-order valence-corrected chi connectivity index (χ0v) is 11.5. The molecular formula is C15H17FN4O. The molecule has 0 unspecified atom stereocenters. The minimum atomic E-state index is -0.377. The van der Waals surface area contributed by atoms with Crippen LogP contribution in [0.3, 0.4) is 0 Å². The Morgan fingerprint density at radius 3 is 2.81 bits per heavy atom. The smallest absolute Gasteiger partial charge is 0.255 e. The van der Waals surface area contributed by atoms with Crippen molar-refractivity contribution in [3.8, 4) is 11.3 Å². The van der Waals surface area contributed by atoms with Crippen LogP contribution in [0.15, 0.2) is 30.5 Å². The van der Waals surface area contributed by atoms with Crippen LogP contribution in [0.2, 0.25) is 0 Å². The topological polar surface area (TPSA) is 69.8 Å². The average Bonchev–Trinajstić information content (AvgIpc) is 2.98. The van der Waals surface area contributed by atoms with Crippen molar-refractivity contribution >= 4 is 5.91 Å². The molecule has 2 aromatic rings. The summed E-state index contributed by atoms with van der Waals surface area (Å²) in [5, 5.41) is 12.8. The quantitative estimate of drug-likeness (QED) is 0.805. The summed E-state index contributed by atoms with van der Waals surface area (Å²) < 4.78 is 13.9. The van der Waals surface area contributed by atoms with Gasteiger partial charge in [0.15, 0.2) is 0 Å². The standard InChI is InChI=1S/C15H17FN4O/c16-13-4-2-1-3-11(13)14-12(9-18-20-14)15(21)19-10-5-7-17-8-6-10/h1-4,9-10,17H,5-8H2,(H,18,20)(H,19,21). The maximum Gasteiger partial charge on any atom is 0.255 e. The number of amides is 1. The lowest BCUT2D eigenvalue weighted by Gasteiger charge is -2.23. The molecule has 1 aliphatic heterocycles. The van der Waals surface area contributed by atoms with Gasteiger partial charge in [-0.3, -0.25) is 9.89 Å². The molecule has 0 aliphatic carbocycles. The number of carbonyl (C=O) groups excluding carboxylic acids is 1. The van der Waals surface area contributed by atoms with Gasteiger partial charge in [0.1, 0.15) is 5.82 Å². The molecule has 0 saturated carbocycles. The summed E-state index contributed by atoms with van der Waals surface area (Å²) in [7, 11) is 0. The van der Waals surface area contributed by atoms with Gasteiger partial charge in [0.2, 0.25) is 0 Å². The van der Waals surface area contributed by atoms with Gasteiger partial charge in [-0.1, -0.05) is 12.1 Å². The van der Waals surface area contributed by atoms with E-state index < -0.39 is 0 Å².